The van der Waals surface area contributed by atoms with Gasteiger partial charge in [-0.05, 0) is 32.9 Å². The summed E-state index contributed by atoms with van der Waals surface area (Å²) < 4.78 is 7.44. The van der Waals surface area contributed by atoms with Gasteiger partial charge in [-0.25, -0.2) is 9.97 Å². The van der Waals surface area contributed by atoms with E-state index in [0.717, 1.165) is 11.0 Å². The number of rotatable bonds is 5. The lowest BCUT2D eigenvalue weighted by Gasteiger charge is -2.20. The van der Waals surface area contributed by atoms with E-state index in [4.69, 9.17) is 10.5 Å². The molecule has 0 aliphatic heterocycles. The van der Waals surface area contributed by atoms with Crippen LogP contribution in [0.25, 0.3) is 22.1 Å². The van der Waals surface area contributed by atoms with Crippen LogP contribution in [0.4, 0.5) is 5.82 Å². The van der Waals surface area contributed by atoms with Crippen LogP contribution >= 0.6 is 0 Å². The number of pyridine rings is 2. The molecule has 0 amide bonds. The average Bonchev–Trinajstić information content (AvgIpc) is 2.83. The summed E-state index contributed by atoms with van der Waals surface area (Å²) in [7, 11) is 0. The van der Waals surface area contributed by atoms with Gasteiger partial charge < -0.3 is 20.1 Å². The van der Waals surface area contributed by atoms with Crippen molar-refractivity contribution in [2.24, 2.45) is 0 Å². The quantitative estimate of drug-likeness (QED) is 0.745. The molecule has 0 aliphatic rings. The van der Waals surface area contributed by atoms with E-state index in [0.29, 0.717) is 42.4 Å². The van der Waals surface area contributed by atoms with Crippen LogP contribution in [0, 0.1) is 0 Å². The Labute approximate surface area is 134 Å². The highest BCUT2D eigenvalue weighted by Gasteiger charge is 2.22. The Morgan fingerprint density at radius 1 is 1.30 bits per heavy atom. The Bertz CT molecular complexity index is 851. The number of aromatic nitrogens is 4. The predicted molar refractivity (Wildman–Crippen MR) is 88.9 cm³/mol. The molecule has 7 heteroatoms. The third-order valence-corrected chi connectivity index (χ3v) is 3.52. The first kappa shape index (κ1) is 15.6. The van der Waals surface area contributed by atoms with Crippen LogP contribution in [-0.2, 0) is 17.9 Å². The van der Waals surface area contributed by atoms with Gasteiger partial charge in [0.15, 0.2) is 5.82 Å². The first-order valence-corrected chi connectivity index (χ1v) is 7.60. The van der Waals surface area contributed by atoms with Crippen LogP contribution in [0.1, 0.15) is 26.6 Å². The van der Waals surface area contributed by atoms with Gasteiger partial charge in [-0.2, -0.15) is 0 Å². The smallest absolute Gasteiger partial charge is 0.152 e. The molecule has 0 fully saturated rings. The minimum absolute atomic E-state index is 0.342. The van der Waals surface area contributed by atoms with E-state index in [1.807, 2.05) is 23.6 Å². The Hall–Kier alpha value is -2.25. The molecule has 0 aromatic carbocycles. The van der Waals surface area contributed by atoms with Crippen LogP contribution in [0.3, 0.4) is 0 Å². The van der Waals surface area contributed by atoms with E-state index in [2.05, 4.69) is 15.0 Å². The number of fused-ring (bicyclic) bond motifs is 3. The summed E-state index contributed by atoms with van der Waals surface area (Å²) in [6.07, 6.45) is 1.71. The molecular weight excluding hydrogens is 294 g/mol. The number of anilines is 1. The summed E-state index contributed by atoms with van der Waals surface area (Å²) in [6.45, 7) is 6.72. The number of aliphatic hydroxyl groups is 1. The lowest BCUT2D eigenvalue weighted by atomic mass is 10.1. The number of ether oxygens (including phenoxy) is 1. The second-order valence-electron chi connectivity index (χ2n) is 6.13. The molecular formula is C16H21N5O2. The van der Waals surface area contributed by atoms with Crippen molar-refractivity contribution < 1.29 is 9.84 Å². The minimum Gasteiger partial charge on any atom is -0.389 e. The van der Waals surface area contributed by atoms with Crippen LogP contribution in [0.2, 0.25) is 0 Å². The molecule has 23 heavy (non-hydrogen) atoms. The van der Waals surface area contributed by atoms with Gasteiger partial charge >= 0.3 is 0 Å². The lowest BCUT2D eigenvalue weighted by Crippen LogP contribution is -2.27. The van der Waals surface area contributed by atoms with E-state index in [1.165, 1.54) is 0 Å². The monoisotopic (exact) mass is 315 g/mol. The summed E-state index contributed by atoms with van der Waals surface area (Å²) in [5.74, 6) is 1.06. The molecule has 3 rings (SSSR count). The molecule has 3 aromatic rings. The van der Waals surface area contributed by atoms with Crippen molar-refractivity contribution in [1.29, 1.82) is 0 Å². The number of hydrogen-bond donors (Lipinski definition) is 2. The van der Waals surface area contributed by atoms with Gasteiger partial charge in [0.05, 0.1) is 17.7 Å². The molecule has 122 valence electrons. The second kappa shape index (κ2) is 5.75. The fraction of sp³-hybridized carbons (Fsp3) is 0.438. The van der Waals surface area contributed by atoms with E-state index in [1.54, 1.807) is 20.0 Å². The Balaban J connectivity index is 2.32. The Morgan fingerprint density at radius 3 is 2.78 bits per heavy atom. The molecule has 3 heterocycles. The zero-order valence-electron chi connectivity index (χ0n) is 13.6. The van der Waals surface area contributed by atoms with Crippen LogP contribution < -0.4 is 5.73 Å². The Morgan fingerprint density at radius 2 is 2.09 bits per heavy atom. The van der Waals surface area contributed by atoms with E-state index >= 15 is 0 Å². The fourth-order valence-electron chi connectivity index (χ4n) is 2.63. The van der Waals surface area contributed by atoms with Gasteiger partial charge in [0.25, 0.3) is 0 Å². The van der Waals surface area contributed by atoms with Gasteiger partial charge in [0.2, 0.25) is 0 Å². The second-order valence-corrected chi connectivity index (χ2v) is 6.13. The van der Waals surface area contributed by atoms with Crippen molar-refractivity contribution in [2.45, 2.75) is 39.5 Å². The number of nitrogens with two attached hydrogens (primary N) is 1. The average molecular weight is 315 g/mol. The summed E-state index contributed by atoms with van der Waals surface area (Å²) in [5, 5.41) is 10.3. The summed E-state index contributed by atoms with van der Waals surface area (Å²) in [6, 6.07) is 3.68. The van der Waals surface area contributed by atoms with E-state index < -0.39 is 5.60 Å². The van der Waals surface area contributed by atoms with E-state index in [-0.39, 0.29) is 0 Å². The maximum absolute atomic E-state index is 10.3. The van der Waals surface area contributed by atoms with Gasteiger partial charge in [-0.15, -0.1) is 0 Å². The predicted octanol–water partition coefficient (Wildman–Crippen LogP) is 1.87. The molecule has 3 N–H and O–H groups in total. The molecule has 0 spiro atoms. The van der Waals surface area contributed by atoms with Crippen molar-refractivity contribution >= 4 is 27.9 Å². The van der Waals surface area contributed by atoms with Crippen molar-refractivity contribution in [2.75, 3.05) is 12.3 Å². The number of imidazole rings is 1. The lowest BCUT2D eigenvalue weighted by molar-refractivity contribution is 0.0582. The van der Waals surface area contributed by atoms with Crippen molar-refractivity contribution in [3.05, 3.63) is 24.2 Å². The van der Waals surface area contributed by atoms with Crippen molar-refractivity contribution in [3.63, 3.8) is 0 Å². The zero-order chi connectivity index (χ0) is 16.6. The largest absolute Gasteiger partial charge is 0.389 e. The van der Waals surface area contributed by atoms with Gasteiger partial charge in [-0.1, -0.05) is 0 Å². The minimum atomic E-state index is -0.909. The first-order chi connectivity index (χ1) is 10.9. The highest BCUT2D eigenvalue weighted by molar-refractivity contribution is 6.04. The highest BCUT2D eigenvalue weighted by Crippen LogP contribution is 2.28. The molecule has 0 aliphatic carbocycles. The van der Waals surface area contributed by atoms with Gasteiger partial charge in [0, 0.05) is 12.8 Å². The summed E-state index contributed by atoms with van der Waals surface area (Å²) >= 11 is 0. The highest BCUT2D eigenvalue weighted by atomic mass is 16.5. The summed E-state index contributed by atoms with van der Waals surface area (Å²) in [5.41, 5.74) is 7.97. The van der Waals surface area contributed by atoms with Crippen LogP contribution in [0.15, 0.2) is 18.3 Å². The van der Waals surface area contributed by atoms with Crippen molar-refractivity contribution in [3.8, 4) is 0 Å². The molecule has 7 nitrogen and oxygen atoms in total. The normalized spacial score (nSPS) is 12.3. The molecule has 0 saturated carbocycles. The molecule has 0 unspecified atom stereocenters. The van der Waals surface area contributed by atoms with Crippen molar-refractivity contribution in [1.82, 2.24) is 19.5 Å². The van der Waals surface area contributed by atoms with Gasteiger partial charge in [0.1, 0.15) is 29.0 Å². The Kier molecular flexibility index (Phi) is 3.91. The molecule has 3 aromatic heterocycles. The van der Waals surface area contributed by atoms with Gasteiger partial charge in [-0.3, -0.25) is 4.98 Å². The number of hydrogen-bond acceptors (Lipinski definition) is 6. The number of nitrogens with zero attached hydrogens (tertiary/aromatic N) is 4. The van der Waals surface area contributed by atoms with Crippen LogP contribution in [-0.4, -0.2) is 36.8 Å². The maximum atomic E-state index is 10.3. The standard InChI is InChI=1S/C16H21N5O2/c1-4-23-8-11-20-13-14(21(11)9-16(2,3)22)12-10(19-15(13)17)6-5-7-18-12/h5-7,22H,4,8-9H2,1-3H3,(H2,17,19). The SMILES string of the molecule is CCOCc1nc2c(N)nc3cccnc3c2n1CC(C)(C)O. The van der Waals surface area contributed by atoms with E-state index in [9.17, 15) is 5.11 Å². The topological polar surface area (TPSA) is 99.1 Å². The fourth-order valence-corrected chi connectivity index (χ4v) is 2.63. The number of nitrogen functional groups attached to an aromatic ring is 1. The third-order valence-electron chi connectivity index (χ3n) is 3.52. The maximum Gasteiger partial charge on any atom is 0.152 e. The van der Waals surface area contributed by atoms with Crippen LogP contribution in [0.5, 0.6) is 0 Å². The third kappa shape index (κ3) is 2.97. The molecule has 0 saturated heterocycles. The molecule has 0 atom stereocenters. The molecule has 0 bridgehead atoms. The first-order valence-electron chi connectivity index (χ1n) is 7.60. The molecule has 0 radical (unpaired) electrons. The summed E-state index contributed by atoms with van der Waals surface area (Å²) in [4.78, 5) is 13.4. The zero-order valence-corrected chi connectivity index (χ0v) is 13.6.